The summed E-state index contributed by atoms with van der Waals surface area (Å²) in [5.41, 5.74) is 4.08. The second-order valence-corrected chi connectivity index (χ2v) is 6.43. The van der Waals surface area contributed by atoms with E-state index in [0.29, 0.717) is 18.0 Å². The zero-order valence-corrected chi connectivity index (χ0v) is 14.6. The minimum Gasteiger partial charge on any atom is -0.497 e. The van der Waals surface area contributed by atoms with Crippen molar-refractivity contribution >= 4 is 5.91 Å². The molecular weight excluding hydrogens is 328 g/mol. The molecule has 2 heterocycles. The Morgan fingerprint density at radius 2 is 2.00 bits per heavy atom. The maximum absolute atomic E-state index is 12.6. The zero-order chi connectivity index (χ0) is 17.9. The number of rotatable bonds is 4. The monoisotopic (exact) mass is 348 g/mol. The number of methoxy groups -OCH3 is 1. The summed E-state index contributed by atoms with van der Waals surface area (Å²) >= 11 is 0. The van der Waals surface area contributed by atoms with Crippen molar-refractivity contribution in [2.75, 3.05) is 13.7 Å². The molecule has 1 aliphatic rings. The smallest absolute Gasteiger partial charge is 0.229 e. The van der Waals surface area contributed by atoms with Crippen LogP contribution in [0.2, 0.25) is 0 Å². The Morgan fingerprint density at radius 3 is 2.85 bits per heavy atom. The van der Waals surface area contributed by atoms with Crippen LogP contribution >= 0.6 is 0 Å². The lowest BCUT2D eigenvalue weighted by Crippen LogP contribution is -2.36. The topological polar surface area (TPSA) is 55.6 Å². The van der Waals surface area contributed by atoms with Gasteiger partial charge in [0.25, 0.3) is 0 Å². The molecule has 0 bridgehead atoms. The molecule has 2 aromatic carbocycles. The van der Waals surface area contributed by atoms with Crippen LogP contribution in [0.3, 0.4) is 0 Å². The zero-order valence-electron chi connectivity index (χ0n) is 14.6. The maximum Gasteiger partial charge on any atom is 0.229 e. The first kappa shape index (κ1) is 16.4. The molecule has 0 radical (unpaired) electrons. The summed E-state index contributed by atoms with van der Waals surface area (Å²) in [7, 11) is 1.63. The molecule has 26 heavy (non-hydrogen) atoms. The third-order valence-electron chi connectivity index (χ3n) is 4.73. The van der Waals surface area contributed by atoms with Gasteiger partial charge in [0.15, 0.2) is 5.76 Å². The fourth-order valence-corrected chi connectivity index (χ4v) is 3.28. The van der Waals surface area contributed by atoms with E-state index in [1.807, 2.05) is 47.4 Å². The lowest BCUT2D eigenvalue weighted by atomic mass is 9.99. The quantitative estimate of drug-likeness (QED) is 0.724. The first-order valence-corrected chi connectivity index (χ1v) is 8.67. The molecule has 0 N–H and O–H groups in total. The Balaban J connectivity index is 1.45. The first-order valence-electron chi connectivity index (χ1n) is 8.67. The summed E-state index contributed by atoms with van der Waals surface area (Å²) in [6.07, 6.45) is 1.14. The Morgan fingerprint density at radius 1 is 1.15 bits per heavy atom. The SMILES string of the molecule is COc1cccc(-c2cc(CC(=O)N3CCc4ccccc4C3)no2)c1. The molecule has 0 spiro atoms. The number of benzene rings is 2. The van der Waals surface area contributed by atoms with Crippen LogP contribution in [-0.4, -0.2) is 29.6 Å². The molecule has 0 fully saturated rings. The van der Waals surface area contributed by atoms with Crippen molar-refractivity contribution in [2.24, 2.45) is 0 Å². The number of aromatic nitrogens is 1. The second-order valence-electron chi connectivity index (χ2n) is 6.43. The van der Waals surface area contributed by atoms with E-state index in [1.165, 1.54) is 11.1 Å². The van der Waals surface area contributed by atoms with E-state index in [0.717, 1.165) is 24.3 Å². The van der Waals surface area contributed by atoms with Gasteiger partial charge in [-0.15, -0.1) is 0 Å². The lowest BCUT2D eigenvalue weighted by Gasteiger charge is -2.28. The number of ether oxygens (including phenoxy) is 1. The fourth-order valence-electron chi connectivity index (χ4n) is 3.28. The Bertz CT molecular complexity index is 932. The molecule has 5 heteroatoms. The summed E-state index contributed by atoms with van der Waals surface area (Å²) in [6, 6.07) is 17.7. The van der Waals surface area contributed by atoms with E-state index in [2.05, 4.69) is 17.3 Å². The average molecular weight is 348 g/mol. The molecule has 132 valence electrons. The van der Waals surface area contributed by atoms with Crippen molar-refractivity contribution in [2.45, 2.75) is 19.4 Å². The number of carbonyl (C=O) groups excluding carboxylic acids is 1. The summed E-state index contributed by atoms with van der Waals surface area (Å²) in [5, 5.41) is 4.06. The summed E-state index contributed by atoms with van der Waals surface area (Å²) in [5.74, 6) is 1.46. The highest BCUT2D eigenvalue weighted by Gasteiger charge is 2.21. The van der Waals surface area contributed by atoms with Crippen molar-refractivity contribution < 1.29 is 14.1 Å². The molecule has 5 nitrogen and oxygen atoms in total. The van der Waals surface area contributed by atoms with Crippen LogP contribution < -0.4 is 4.74 Å². The van der Waals surface area contributed by atoms with Crippen LogP contribution in [0, 0.1) is 0 Å². The highest BCUT2D eigenvalue weighted by molar-refractivity contribution is 5.79. The van der Waals surface area contributed by atoms with Gasteiger partial charge in [0.05, 0.1) is 19.2 Å². The number of fused-ring (bicyclic) bond motifs is 1. The largest absolute Gasteiger partial charge is 0.497 e. The van der Waals surface area contributed by atoms with Gasteiger partial charge in [0.2, 0.25) is 5.91 Å². The number of carbonyl (C=O) groups is 1. The Hall–Kier alpha value is -3.08. The van der Waals surface area contributed by atoms with Crippen molar-refractivity contribution in [1.29, 1.82) is 0 Å². The first-order chi connectivity index (χ1) is 12.7. The molecule has 0 aliphatic carbocycles. The van der Waals surface area contributed by atoms with Crippen LogP contribution in [0.25, 0.3) is 11.3 Å². The molecule has 0 atom stereocenters. The van der Waals surface area contributed by atoms with Gasteiger partial charge in [-0.1, -0.05) is 41.6 Å². The number of hydrogen-bond acceptors (Lipinski definition) is 4. The Kier molecular flexibility index (Phi) is 4.44. The average Bonchev–Trinajstić information content (AvgIpc) is 3.16. The van der Waals surface area contributed by atoms with Crippen LogP contribution in [0.5, 0.6) is 5.75 Å². The Labute approximate surface area is 152 Å². The van der Waals surface area contributed by atoms with Gasteiger partial charge in [0, 0.05) is 24.7 Å². The van der Waals surface area contributed by atoms with E-state index in [4.69, 9.17) is 9.26 Å². The van der Waals surface area contributed by atoms with E-state index in [9.17, 15) is 4.79 Å². The van der Waals surface area contributed by atoms with E-state index < -0.39 is 0 Å². The molecule has 3 aromatic rings. The van der Waals surface area contributed by atoms with Gasteiger partial charge in [0.1, 0.15) is 5.75 Å². The lowest BCUT2D eigenvalue weighted by molar-refractivity contribution is -0.131. The van der Waals surface area contributed by atoms with Gasteiger partial charge in [-0.3, -0.25) is 4.79 Å². The van der Waals surface area contributed by atoms with E-state index in [-0.39, 0.29) is 12.3 Å². The molecule has 1 amide bonds. The number of hydrogen-bond donors (Lipinski definition) is 0. The van der Waals surface area contributed by atoms with Gasteiger partial charge in [-0.2, -0.15) is 0 Å². The molecule has 0 saturated carbocycles. The molecule has 4 rings (SSSR count). The van der Waals surface area contributed by atoms with Gasteiger partial charge in [-0.25, -0.2) is 0 Å². The molecular formula is C21H20N2O3. The van der Waals surface area contributed by atoms with Crippen molar-refractivity contribution in [3.63, 3.8) is 0 Å². The van der Waals surface area contributed by atoms with Crippen LogP contribution in [0.1, 0.15) is 16.8 Å². The van der Waals surface area contributed by atoms with Gasteiger partial charge < -0.3 is 14.2 Å². The normalized spacial score (nSPS) is 13.3. The highest BCUT2D eigenvalue weighted by Crippen LogP contribution is 2.25. The van der Waals surface area contributed by atoms with Crippen molar-refractivity contribution in [3.05, 3.63) is 71.4 Å². The standard InChI is InChI=1S/C21H20N2O3/c1-25-19-8-4-7-16(11-19)20-12-18(22-26-20)13-21(24)23-10-9-15-5-2-3-6-17(15)14-23/h2-8,11-12H,9-10,13-14H2,1H3. The summed E-state index contributed by atoms with van der Waals surface area (Å²) in [6.45, 7) is 1.41. The maximum atomic E-state index is 12.6. The van der Waals surface area contributed by atoms with Crippen molar-refractivity contribution in [3.8, 4) is 17.1 Å². The third-order valence-corrected chi connectivity index (χ3v) is 4.73. The van der Waals surface area contributed by atoms with Crippen LogP contribution in [-0.2, 0) is 24.2 Å². The van der Waals surface area contributed by atoms with Gasteiger partial charge in [-0.05, 0) is 29.7 Å². The van der Waals surface area contributed by atoms with Crippen LogP contribution in [0.4, 0.5) is 0 Å². The number of amides is 1. The summed E-state index contributed by atoms with van der Waals surface area (Å²) in [4.78, 5) is 14.5. The molecule has 1 aliphatic heterocycles. The highest BCUT2D eigenvalue weighted by atomic mass is 16.5. The van der Waals surface area contributed by atoms with Crippen molar-refractivity contribution in [1.82, 2.24) is 10.1 Å². The van der Waals surface area contributed by atoms with Gasteiger partial charge >= 0.3 is 0 Å². The van der Waals surface area contributed by atoms with E-state index >= 15 is 0 Å². The third kappa shape index (κ3) is 3.33. The minimum absolute atomic E-state index is 0.0741. The predicted octanol–water partition coefficient (Wildman–Crippen LogP) is 3.48. The predicted molar refractivity (Wildman–Crippen MR) is 97.8 cm³/mol. The van der Waals surface area contributed by atoms with Crippen LogP contribution in [0.15, 0.2) is 59.1 Å². The summed E-state index contributed by atoms with van der Waals surface area (Å²) < 4.78 is 10.7. The number of nitrogens with zero attached hydrogens (tertiary/aromatic N) is 2. The molecule has 0 unspecified atom stereocenters. The second kappa shape index (κ2) is 7.04. The molecule has 1 aromatic heterocycles. The minimum atomic E-state index is 0.0741. The fraction of sp³-hybridized carbons (Fsp3) is 0.238. The van der Waals surface area contributed by atoms with E-state index in [1.54, 1.807) is 7.11 Å². The molecule has 0 saturated heterocycles.